The van der Waals surface area contributed by atoms with Crippen molar-refractivity contribution >= 4 is 23.5 Å². The highest BCUT2D eigenvalue weighted by Gasteiger charge is 2.17. The van der Waals surface area contributed by atoms with Gasteiger partial charge in [-0.05, 0) is 24.3 Å². The number of carbonyl (C=O) groups is 2. The van der Waals surface area contributed by atoms with Crippen LogP contribution in [0.1, 0.15) is 16.2 Å². The Hall–Kier alpha value is -3.39. The first-order chi connectivity index (χ1) is 13.0. The number of esters is 1. The third-order valence-electron chi connectivity index (χ3n) is 3.38. The van der Waals surface area contributed by atoms with Crippen molar-refractivity contribution in [2.24, 2.45) is 5.73 Å². The number of nitrogens with two attached hydrogens (primary N) is 1. The fourth-order valence-corrected chi connectivity index (χ4v) is 2.39. The van der Waals surface area contributed by atoms with E-state index in [0.717, 1.165) is 0 Å². The molecular formula is C18H14ClN3O5. The number of para-hydroxylation sites is 1. The lowest BCUT2D eigenvalue weighted by Gasteiger charge is -2.09. The van der Waals surface area contributed by atoms with Gasteiger partial charge in [-0.25, -0.2) is 4.79 Å². The van der Waals surface area contributed by atoms with Crippen LogP contribution in [0, 0.1) is 0 Å². The number of hydrogen-bond acceptors (Lipinski definition) is 7. The summed E-state index contributed by atoms with van der Waals surface area (Å²) in [5.74, 6) is -0.743. The smallest absolute Gasteiger partial charge is 0.342 e. The van der Waals surface area contributed by atoms with Crippen molar-refractivity contribution in [3.8, 4) is 17.2 Å². The monoisotopic (exact) mass is 387 g/mol. The summed E-state index contributed by atoms with van der Waals surface area (Å²) in [6.07, 6.45) is 0. The van der Waals surface area contributed by atoms with Gasteiger partial charge in [-0.2, -0.15) is 4.98 Å². The Kier molecular flexibility index (Phi) is 5.68. The molecule has 0 atom stereocenters. The van der Waals surface area contributed by atoms with Gasteiger partial charge in [-0.1, -0.05) is 41.0 Å². The van der Waals surface area contributed by atoms with Crippen LogP contribution in [0.25, 0.3) is 11.5 Å². The normalized spacial score (nSPS) is 10.4. The van der Waals surface area contributed by atoms with Gasteiger partial charge in [0.25, 0.3) is 11.8 Å². The Morgan fingerprint density at radius 3 is 2.63 bits per heavy atom. The van der Waals surface area contributed by atoms with Crippen molar-refractivity contribution in [3.63, 3.8) is 0 Å². The second-order valence-electron chi connectivity index (χ2n) is 5.32. The van der Waals surface area contributed by atoms with E-state index in [-0.39, 0.29) is 36.2 Å². The van der Waals surface area contributed by atoms with Gasteiger partial charge in [-0.15, -0.1) is 0 Å². The molecule has 0 fully saturated rings. The fourth-order valence-electron chi connectivity index (χ4n) is 2.17. The lowest BCUT2D eigenvalue weighted by molar-refractivity contribution is -0.119. The average Bonchev–Trinajstić information content (AvgIpc) is 3.14. The first-order valence-corrected chi connectivity index (χ1v) is 8.17. The molecule has 2 aromatic carbocycles. The topological polar surface area (TPSA) is 118 Å². The van der Waals surface area contributed by atoms with Gasteiger partial charge in [0.15, 0.2) is 13.2 Å². The summed E-state index contributed by atoms with van der Waals surface area (Å²) in [5.41, 5.74) is 5.77. The van der Waals surface area contributed by atoms with Crippen molar-refractivity contribution in [1.29, 1.82) is 0 Å². The first kappa shape index (κ1) is 18.4. The predicted molar refractivity (Wildman–Crippen MR) is 95.0 cm³/mol. The number of primary amides is 1. The molecule has 0 radical (unpaired) electrons. The third-order valence-corrected chi connectivity index (χ3v) is 3.71. The highest BCUT2D eigenvalue weighted by molar-refractivity contribution is 6.33. The average molecular weight is 388 g/mol. The van der Waals surface area contributed by atoms with Crippen molar-refractivity contribution < 1.29 is 23.6 Å². The number of ether oxygens (including phenoxy) is 2. The van der Waals surface area contributed by atoms with Crippen molar-refractivity contribution in [3.05, 3.63) is 64.9 Å². The summed E-state index contributed by atoms with van der Waals surface area (Å²) in [5, 5.41) is 4.23. The van der Waals surface area contributed by atoms with E-state index >= 15 is 0 Å². The summed E-state index contributed by atoms with van der Waals surface area (Å²) >= 11 is 6.09. The zero-order valence-corrected chi connectivity index (χ0v) is 14.7. The lowest BCUT2D eigenvalue weighted by Crippen LogP contribution is -2.21. The molecule has 2 N–H and O–H groups in total. The molecule has 0 saturated carbocycles. The lowest BCUT2D eigenvalue weighted by atomic mass is 10.2. The number of halogens is 1. The molecule has 27 heavy (non-hydrogen) atoms. The molecule has 0 unspecified atom stereocenters. The molecule has 0 aliphatic rings. The molecular weight excluding hydrogens is 374 g/mol. The highest BCUT2D eigenvalue weighted by atomic mass is 35.5. The number of benzene rings is 2. The SMILES string of the molecule is NC(=O)COc1ccccc1C(=O)OCc1noc(-c2ccccc2Cl)n1. The first-order valence-electron chi connectivity index (χ1n) is 7.79. The minimum Gasteiger partial charge on any atom is -0.483 e. The van der Waals surface area contributed by atoms with Crippen LogP contribution in [-0.4, -0.2) is 28.6 Å². The summed E-state index contributed by atoms with van der Waals surface area (Å²) in [6.45, 7) is -0.562. The fraction of sp³-hybridized carbons (Fsp3) is 0.111. The molecule has 0 saturated heterocycles. The number of amides is 1. The maximum absolute atomic E-state index is 12.3. The van der Waals surface area contributed by atoms with E-state index in [0.29, 0.717) is 10.6 Å². The predicted octanol–water partition coefficient (Wildman–Crippen LogP) is 2.61. The summed E-state index contributed by atoms with van der Waals surface area (Å²) in [7, 11) is 0. The van der Waals surface area contributed by atoms with Gasteiger partial charge in [0.05, 0.1) is 10.6 Å². The maximum Gasteiger partial charge on any atom is 0.342 e. The Bertz CT molecular complexity index is 973. The van der Waals surface area contributed by atoms with E-state index in [9.17, 15) is 9.59 Å². The molecule has 1 amide bonds. The van der Waals surface area contributed by atoms with Gasteiger partial charge in [0.1, 0.15) is 11.3 Å². The van der Waals surface area contributed by atoms with E-state index in [1.807, 2.05) is 0 Å². The van der Waals surface area contributed by atoms with Gasteiger partial charge in [-0.3, -0.25) is 4.79 Å². The van der Waals surface area contributed by atoms with Gasteiger partial charge < -0.3 is 19.7 Å². The highest BCUT2D eigenvalue weighted by Crippen LogP contribution is 2.26. The second kappa shape index (κ2) is 8.33. The Morgan fingerprint density at radius 2 is 1.85 bits per heavy atom. The summed E-state index contributed by atoms with van der Waals surface area (Å²) in [4.78, 5) is 27.3. The molecule has 8 nitrogen and oxygen atoms in total. The molecule has 1 heterocycles. The van der Waals surface area contributed by atoms with Crippen molar-refractivity contribution in [1.82, 2.24) is 10.1 Å². The van der Waals surface area contributed by atoms with Crippen LogP contribution < -0.4 is 10.5 Å². The zero-order chi connectivity index (χ0) is 19.2. The van der Waals surface area contributed by atoms with Crippen LogP contribution in [0.15, 0.2) is 53.1 Å². The quantitative estimate of drug-likeness (QED) is 0.619. The maximum atomic E-state index is 12.3. The van der Waals surface area contributed by atoms with E-state index in [4.69, 9.17) is 31.3 Å². The molecule has 138 valence electrons. The van der Waals surface area contributed by atoms with Gasteiger partial charge in [0, 0.05) is 0 Å². The number of carbonyl (C=O) groups excluding carboxylic acids is 2. The molecule has 0 aliphatic heterocycles. The van der Waals surface area contributed by atoms with Crippen LogP contribution in [0.2, 0.25) is 5.02 Å². The van der Waals surface area contributed by atoms with Crippen molar-refractivity contribution in [2.75, 3.05) is 6.61 Å². The van der Waals surface area contributed by atoms with E-state index in [2.05, 4.69) is 10.1 Å². The second-order valence-corrected chi connectivity index (χ2v) is 5.73. The minimum absolute atomic E-state index is 0.147. The van der Waals surface area contributed by atoms with E-state index < -0.39 is 11.9 Å². The van der Waals surface area contributed by atoms with Gasteiger partial charge in [0.2, 0.25) is 5.82 Å². The molecule has 3 rings (SSSR count). The Balaban J connectivity index is 1.67. The van der Waals surface area contributed by atoms with Crippen LogP contribution in [-0.2, 0) is 16.1 Å². The van der Waals surface area contributed by atoms with E-state index in [1.165, 1.54) is 12.1 Å². The van der Waals surface area contributed by atoms with E-state index in [1.54, 1.807) is 36.4 Å². The number of nitrogens with zero attached hydrogens (tertiary/aromatic N) is 2. The zero-order valence-electron chi connectivity index (χ0n) is 13.9. The molecule has 3 aromatic rings. The molecule has 0 spiro atoms. The van der Waals surface area contributed by atoms with Crippen LogP contribution in [0.5, 0.6) is 5.75 Å². The minimum atomic E-state index is -0.667. The molecule has 0 aliphatic carbocycles. The Morgan fingerprint density at radius 1 is 1.11 bits per heavy atom. The molecule has 1 aromatic heterocycles. The molecule has 9 heteroatoms. The summed E-state index contributed by atoms with van der Waals surface area (Å²) in [6, 6.07) is 13.3. The number of rotatable bonds is 7. The standard InChI is InChI=1S/C18H14ClN3O5/c19-13-7-3-1-5-11(13)17-21-16(22-27-17)10-26-18(24)12-6-2-4-8-14(12)25-9-15(20)23/h1-8H,9-10H2,(H2,20,23). The summed E-state index contributed by atoms with van der Waals surface area (Å²) < 4.78 is 15.5. The molecule has 0 bridgehead atoms. The largest absolute Gasteiger partial charge is 0.483 e. The Labute approximate surface area is 158 Å². The van der Waals surface area contributed by atoms with Crippen molar-refractivity contribution in [2.45, 2.75) is 6.61 Å². The van der Waals surface area contributed by atoms with Crippen LogP contribution in [0.4, 0.5) is 0 Å². The van der Waals surface area contributed by atoms with Crippen LogP contribution in [0.3, 0.4) is 0 Å². The van der Waals surface area contributed by atoms with Gasteiger partial charge >= 0.3 is 5.97 Å². The number of hydrogen-bond donors (Lipinski definition) is 1. The third kappa shape index (κ3) is 4.62. The van der Waals surface area contributed by atoms with Crippen LogP contribution >= 0.6 is 11.6 Å². The number of aromatic nitrogens is 2.